The van der Waals surface area contributed by atoms with Crippen LogP contribution in [0.3, 0.4) is 0 Å². The molecular weight excluding hydrogens is 181 g/mol. The minimum Gasteiger partial charge on any atom is -0.166 e. The Labute approximate surface area is 71.8 Å². The SMILES string of the molecule is FC(F)(F)c1ccccc1C[Si]. The molecule has 0 saturated heterocycles. The van der Waals surface area contributed by atoms with Gasteiger partial charge in [0.25, 0.3) is 0 Å². The van der Waals surface area contributed by atoms with E-state index in [1.54, 1.807) is 6.07 Å². The minimum absolute atomic E-state index is 0.218. The molecule has 12 heavy (non-hydrogen) atoms. The maximum atomic E-state index is 12.2. The number of rotatable bonds is 1. The molecule has 0 atom stereocenters. The Morgan fingerprint density at radius 3 is 2.17 bits per heavy atom. The van der Waals surface area contributed by atoms with Crippen LogP contribution in [0.4, 0.5) is 13.2 Å². The standard InChI is InChI=1S/C8H6F3Si/c9-8(10,11)7-4-2-1-3-6(7)5-12/h1-4H,5H2. The van der Waals surface area contributed by atoms with E-state index in [0.717, 1.165) is 6.07 Å². The number of hydrogen-bond acceptors (Lipinski definition) is 0. The van der Waals surface area contributed by atoms with Gasteiger partial charge in [0.05, 0.1) is 5.56 Å². The molecule has 0 aliphatic rings. The second-order valence-electron chi connectivity index (χ2n) is 2.33. The average Bonchev–Trinajstić information content (AvgIpc) is 2.03. The number of hydrogen-bond donors (Lipinski definition) is 0. The Kier molecular flexibility index (Phi) is 2.57. The lowest BCUT2D eigenvalue weighted by molar-refractivity contribution is -0.138. The van der Waals surface area contributed by atoms with Crippen molar-refractivity contribution in [3.05, 3.63) is 35.4 Å². The van der Waals surface area contributed by atoms with E-state index in [1.165, 1.54) is 12.1 Å². The van der Waals surface area contributed by atoms with Crippen molar-refractivity contribution in [2.75, 3.05) is 0 Å². The molecule has 0 fully saturated rings. The Hall–Kier alpha value is -0.773. The summed E-state index contributed by atoms with van der Waals surface area (Å²) in [5.41, 5.74) is -0.304. The molecule has 0 bridgehead atoms. The fraction of sp³-hybridized carbons (Fsp3) is 0.250. The molecule has 0 aliphatic carbocycles. The second kappa shape index (κ2) is 3.31. The largest absolute Gasteiger partial charge is 0.416 e. The molecule has 0 heterocycles. The van der Waals surface area contributed by atoms with Gasteiger partial charge in [0.2, 0.25) is 0 Å². The first kappa shape index (κ1) is 9.32. The molecule has 3 radical (unpaired) electrons. The van der Waals surface area contributed by atoms with Gasteiger partial charge in [-0.25, -0.2) is 0 Å². The van der Waals surface area contributed by atoms with E-state index in [2.05, 4.69) is 10.2 Å². The van der Waals surface area contributed by atoms with Crippen molar-refractivity contribution in [1.82, 2.24) is 0 Å². The zero-order valence-electron chi connectivity index (χ0n) is 6.15. The lowest BCUT2D eigenvalue weighted by atomic mass is 10.1. The second-order valence-corrected chi connectivity index (χ2v) is 2.69. The van der Waals surface area contributed by atoms with E-state index in [4.69, 9.17) is 0 Å². The summed E-state index contributed by atoms with van der Waals surface area (Å²) in [7, 11) is 3.05. The third kappa shape index (κ3) is 1.88. The Balaban J connectivity index is 3.14. The molecule has 0 nitrogen and oxygen atoms in total. The summed E-state index contributed by atoms with van der Waals surface area (Å²) in [5, 5.41) is 0. The number of benzene rings is 1. The fourth-order valence-electron chi connectivity index (χ4n) is 0.951. The van der Waals surface area contributed by atoms with E-state index >= 15 is 0 Å². The zero-order chi connectivity index (χ0) is 9.19. The number of alkyl halides is 3. The Morgan fingerprint density at radius 2 is 1.75 bits per heavy atom. The third-order valence-corrected chi connectivity index (χ3v) is 1.89. The van der Waals surface area contributed by atoms with Gasteiger partial charge in [-0.2, -0.15) is 13.2 Å². The van der Waals surface area contributed by atoms with Crippen LogP contribution < -0.4 is 0 Å². The first-order valence-electron chi connectivity index (χ1n) is 3.35. The van der Waals surface area contributed by atoms with Gasteiger partial charge in [0.15, 0.2) is 0 Å². The molecule has 0 saturated carbocycles. The summed E-state index contributed by atoms with van der Waals surface area (Å²) < 4.78 is 36.6. The highest BCUT2D eigenvalue weighted by molar-refractivity contribution is 6.08. The van der Waals surface area contributed by atoms with Crippen molar-refractivity contribution in [1.29, 1.82) is 0 Å². The van der Waals surface area contributed by atoms with Gasteiger partial charge in [-0.15, -0.1) is 0 Å². The topological polar surface area (TPSA) is 0 Å². The predicted molar refractivity (Wildman–Crippen MR) is 40.9 cm³/mol. The van der Waals surface area contributed by atoms with Crippen LogP contribution in [0, 0.1) is 0 Å². The van der Waals surface area contributed by atoms with Crippen molar-refractivity contribution < 1.29 is 13.2 Å². The van der Waals surface area contributed by atoms with Crippen molar-refractivity contribution >= 4 is 10.2 Å². The highest BCUT2D eigenvalue weighted by Gasteiger charge is 2.32. The maximum absolute atomic E-state index is 12.2. The van der Waals surface area contributed by atoms with Crippen molar-refractivity contribution in [2.24, 2.45) is 0 Å². The monoisotopic (exact) mass is 187 g/mol. The van der Waals surface area contributed by atoms with E-state index in [0.29, 0.717) is 0 Å². The predicted octanol–water partition coefficient (Wildman–Crippen LogP) is 2.37. The summed E-state index contributed by atoms with van der Waals surface area (Å²) in [4.78, 5) is 0. The van der Waals surface area contributed by atoms with E-state index in [1.807, 2.05) is 0 Å². The van der Waals surface area contributed by atoms with Gasteiger partial charge < -0.3 is 0 Å². The van der Waals surface area contributed by atoms with Gasteiger partial charge in [-0.1, -0.05) is 18.2 Å². The van der Waals surface area contributed by atoms with Gasteiger partial charge in [0, 0.05) is 10.2 Å². The van der Waals surface area contributed by atoms with Crippen LogP contribution in [0.2, 0.25) is 0 Å². The van der Waals surface area contributed by atoms with Crippen LogP contribution in [0.5, 0.6) is 0 Å². The summed E-state index contributed by atoms with van der Waals surface area (Å²) in [6.07, 6.45) is -4.25. The molecule has 4 heteroatoms. The van der Waals surface area contributed by atoms with Crippen molar-refractivity contribution in [3.63, 3.8) is 0 Å². The average molecular weight is 187 g/mol. The summed E-state index contributed by atoms with van der Waals surface area (Å²) >= 11 is 0. The van der Waals surface area contributed by atoms with Crippen LogP contribution in [0.25, 0.3) is 0 Å². The van der Waals surface area contributed by atoms with E-state index < -0.39 is 11.7 Å². The highest BCUT2D eigenvalue weighted by atomic mass is 28.1. The molecule has 1 aromatic rings. The molecule has 0 aliphatic heterocycles. The highest BCUT2D eigenvalue weighted by Crippen LogP contribution is 2.31. The molecule has 0 amide bonds. The molecule has 0 unspecified atom stereocenters. The number of halogens is 3. The first-order valence-corrected chi connectivity index (χ1v) is 4.06. The quantitative estimate of drug-likeness (QED) is 0.592. The van der Waals surface area contributed by atoms with Crippen LogP contribution in [0.15, 0.2) is 24.3 Å². The molecule has 1 rings (SSSR count). The van der Waals surface area contributed by atoms with Crippen LogP contribution in [-0.4, -0.2) is 10.2 Å². The molecule has 1 aromatic carbocycles. The van der Waals surface area contributed by atoms with Gasteiger partial charge in [0.1, 0.15) is 0 Å². The van der Waals surface area contributed by atoms with Crippen LogP contribution in [-0.2, 0) is 12.2 Å². The Morgan fingerprint density at radius 1 is 1.17 bits per heavy atom. The van der Waals surface area contributed by atoms with Crippen LogP contribution >= 0.6 is 0 Å². The summed E-state index contributed by atoms with van der Waals surface area (Å²) in [6.45, 7) is 0. The van der Waals surface area contributed by atoms with Gasteiger partial charge in [-0.3, -0.25) is 0 Å². The summed E-state index contributed by atoms with van der Waals surface area (Å²) in [6, 6.07) is 5.72. The smallest absolute Gasteiger partial charge is 0.166 e. The molecule has 0 spiro atoms. The minimum atomic E-state index is -4.25. The van der Waals surface area contributed by atoms with Crippen LogP contribution in [0.1, 0.15) is 11.1 Å². The Bertz CT molecular complexity index is 267. The normalized spacial score (nSPS) is 11.7. The lowest BCUT2D eigenvalue weighted by Gasteiger charge is -2.10. The third-order valence-electron chi connectivity index (χ3n) is 1.51. The molecule has 0 N–H and O–H groups in total. The lowest BCUT2D eigenvalue weighted by Crippen LogP contribution is -2.08. The van der Waals surface area contributed by atoms with Gasteiger partial charge in [-0.05, 0) is 17.7 Å². The maximum Gasteiger partial charge on any atom is 0.416 e. The molecule has 0 aromatic heterocycles. The fourth-order valence-corrected chi connectivity index (χ4v) is 1.26. The van der Waals surface area contributed by atoms with Gasteiger partial charge >= 0.3 is 6.18 Å². The van der Waals surface area contributed by atoms with Crippen molar-refractivity contribution in [3.8, 4) is 0 Å². The zero-order valence-corrected chi connectivity index (χ0v) is 7.15. The van der Waals surface area contributed by atoms with E-state index in [-0.39, 0.29) is 11.6 Å². The molecule has 63 valence electrons. The van der Waals surface area contributed by atoms with Crippen molar-refractivity contribution in [2.45, 2.75) is 12.2 Å². The summed E-state index contributed by atoms with van der Waals surface area (Å²) in [5.74, 6) is 0. The van der Waals surface area contributed by atoms with E-state index in [9.17, 15) is 13.2 Å². The molecular formula is C8H6F3Si. The first-order chi connectivity index (χ1) is 5.55.